The van der Waals surface area contributed by atoms with Crippen LogP contribution in [0.2, 0.25) is 0 Å². The van der Waals surface area contributed by atoms with Gasteiger partial charge in [-0.1, -0.05) is 6.92 Å². The number of rotatable bonds is 5. The van der Waals surface area contributed by atoms with Crippen molar-refractivity contribution in [1.82, 2.24) is 4.90 Å². The van der Waals surface area contributed by atoms with Crippen molar-refractivity contribution in [3.05, 3.63) is 16.5 Å². The average Bonchev–Trinajstić information content (AvgIpc) is 3.07. The normalized spacial score (nSPS) is 15.3. The third-order valence-electron chi connectivity index (χ3n) is 3.36. The van der Waals surface area contributed by atoms with E-state index in [0.29, 0.717) is 17.1 Å². The van der Waals surface area contributed by atoms with Gasteiger partial charge in [0.05, 0.1) is 19.2 Å². The molecule has 6 heteroatoms. The molecule has 1 aliphatic rings. The molecule has 1 aromatic rings. The fraction of sp³-hybridized carbons (Fsp3) is 0.571. The number of carbonyl (C=O) groups excluding carboxylic acids is 2. The van der Waals surface area contributed by atoms with E-state index < -0.39 is 5.97 Å². The summed E-state index contributed by atoms with van der Waals surface area (Å²) in [7, 11) is 1.35. The zero-order valence-electron chi connectivity index (χ0n) is 11.9. The SMILES string of the molecule is CCc1cc(C(=O)OC)c(NC(=O)CN2CCCC2)s1. The summed E-state index contributed by atoms with van der Waals surface area (Å²) in [6, 6.07) is 1.79. The Hall–Kier alpha value is -1.40. The minimum Gasteiger partial charge on any atom is -0.465 e. The number of thiophene rings is 1. The van der Waals surface area contributed by atoms with Gasteiger partial charge in [0, 0.05) is 4.88 Å². The number of aryl methyl sites for hydroxylation is 1. The standard InChI is InChI=1S/C14H20N2O3S/c1-3-10-8-11(14(18)19-2)13(20-10)15-12(17)9-16-6-4-5-7-16/h8H,3-7,9H2,1-2H3,(H,15,17). The molecule has 1 fully saturated rings. The molecule has 1 N–H and O–H groups in total. The molecule has 1 aliphatic heterocycles. The lowest BCUT2D eigenvalue weighted by atomic mass is 10.2. The summed E-state index contributed by atoms with van der Waals surface area (Å²) >= 11 is 1.44. The Kier molecular flexibility index (Phi) is 5.14. The molecule has 2 heterocycles. The first-order valence-corrected chi connectivity index (χ1v) is 7.69. The predicted molar refractivity (Wildman–Crippen MR) is 79.3 cm³/mol. The average molecular weight is 296 g/mol. The molecule has 0 unspecified atom stereocenters. The van der Waals surface area contributed by atoms with E-state index in [2.05, 4.69) is 10.2 Å². The molecule has 0 atom stereocenters. The zero-order chi connectivity index (χ0) is 14.5. The minimum absolute atomic E-state index is 0.0680. The summed E-state index contributed by atoms with van der Waals surface area (Å²) in [4.78, 5) is 26.9. The lowest BCUT2D eigenvalue weighted by Crippen LogP contribution is -2.31. The molecule has 0 aromatic carbocycles. The molecule has 0 radical (unpaired) electrons. The van der Waals surface area contributed by atoms with E-state index in [-0.39, 0.29) is 5.91 Å². The molecular formula is C14H20N2O3S. The van der Waals surface area contributed by atoms with Crippen LogP contribution in [0.1, 0.15) is 35.0 Å². The molecule has 1 aromatic heterocycles. The van der Waals surface area contributed by atoms with Crippen molar-refractivity contribution in [2.45, 2.75) is 26.2 Å². The smallest absolute Gasteiger partial charge is 0.340 e. The van der Waals surface area contributed by atoms with E-state index in [9.17, 15) is 9.59 Å². The molecular weight excluding hydrogens is 276 g/mol. The lowest BCUT2D eigenvalue weighted by molar-refractivity contribution is -0.117. The first kappa shape index (κ1) is 15.0. The van der Waals surface area contributed by atoms with Crippen LogP contribution in [0.25, 0.3) is 0 Å². The van der Waals surface area contributed by atoms with Crippen molar-refractivity contribution in [1.29, 1.82) is 0 Å². The Morgan fingerprint density at radius 2 is 2.10 bits per heavy atom. The van der Waals surface area contributed by atoms with Gasteiger partial charge in [-0.2, -0.15) is 0 Å². The molecule has 0 aliphatic carbocycles. The van der Waals surface area contributed by atoms with Gasteiger partial charge >= 0.3 is 5.97 Å². The van der Waals surface area contributed by atoms with Crippen LogP contribution in [0.3, 0.4) is 0 Å². The second kappa shape index (κ2) is 6.85. The first-order chi connectivity index (χ1) is 9.63. The van der Waals surface area contributed by atoms with Gasteiger partial charge in [0.15, 0.2) is 0 Å². The van der Waals surface area contributed by atoms with Crippen LogP contribution in [0.4, 0.5) is 5.00 Å². The summed E-state index contributed by atoms with van der Waals surface area (Å²) < 4.78 is 4.76. The van der Waals surface area contributed by atoms with Gasteiger partial charge in [-0.05, 0) is 38.4 Å². The van der Waals surface area contributed by atoms with Gasteiger partial charge in [0.25, 0.3) is 0 Å². The van der Waals surface area contributed by atoms with E-state index in [4.69, 9.17) is 4.74 Å². The molecule has 1 amide bonds. The quantitative estimate of drug-likeness (QED) is 0.846. The fourth-order valence-electron chi connectivity index (χ4n) is 2.28. The maximum absolute atomic E-state index is 12.0. The van der Waals surface area contributed by atoms with Gasteiger partial charge in [-0.3, -0.25) is 9.69 Å². The number of hydrogen-bond acceptors (Lipinski definition) is 5. The van der Waals surface area contributed by atoms with E-state index >= 15 is 0 Å². The number of ether oxygens (including phenoxy) is 1. The van der Waals surface area contributed by atoms with Crippen molar-refractivity contribution in [2.24, 2.45) is 0 Å². The number of anilines is 1. The van der Waals surface area contributed by atoms with Gasteiger partial charge < -0.3 is 10.1 Å². The van der Waals surface area contributed by atoms with Crippen molar-refractivity contribution in [3.8, 4) is 0 Å². The Morgan fingerprint density at radius 3 is 2.70 bits per heavy atom. The monoisotopic (exact) mass is 296 g/mol. The van der Waals surface area contributed by atoms with Crippen molar-refractivity contribution < 1.29 is 14.3 Å². The number of likely N-dealkylation sites (tertiary alicyclic amines) is 1. The number of nitrogens with one attached hydrogen (secondary N) is 1. The summed E-state index contributed by atoms with van der Waals surface area (Å²) in [6.07, 6.45) is 3.13. The van der Waals surface area contributed by atoms with Gasteiger partial charge in [-0.15, -0.1) is 11.3 Å². The highest BCUT2D eigenvalue weighted by atomic mass is 32.1. The van der Waals surface area contributed by atoms with Gasteiger partial charge in [-0.25, -0.2) is 4.79 Å². The van der Waals surface area contributed by atoms with E-state index in [1.165, 1.54) is 18.4 Å². The van der Waals surface area contributed by atoms with E-state index in [1.54, 1.807) is 6.07 Å². The number of amides is 1. The van der Waals surface area contributed by atoms with Crippen LogP contribution in [0.5, 0.6) is 0 Å². The Morgan fingerprint density at radius 1 is 1.40 bits per heavy atom. The third-order valence-corrected chi connectivity index (χ3v) is 4.55. The number of carbonyl (C=O) groups is 2. The van der Waals surface area contributed by atoms with Crippen LogP contribution in [-0.2, 0) is 16.0 Å². The number of nitrogens with zero attached hydrogens (tertiary/aromatic N) is 1. The van der Waals surface area contributed by atoms with Crippen LogP contribution in [0, 0.1) is 0 Å². The largest absolute Gasteiger partial charge is 0.465 e. The van der Waals surface area contributed by atoms with E-state index in [0.717, 1.165) is 37.2 Å². The molecule has 0 spiro atoms. The van der Waals surface area contributed by atoms with Crippen LogP contribution < -0.4 is 5.32 Å². The van der Waals surface area contributed by atoms with Crippen molar-refractivity contribution in [3.63, 3.8) is 0 Å². The predicted octanol–water partition coefficient (Wildman–Crippen LogP) is 2.13. The Balaban J connectivity index is 2.05. The van der Waals surface area contributed by atoms with Crippen LogP contribution >= 0.6 is 11.3 Å². The van der Waals surface area contributed by atoms with Gasteiger partial charge in [0.1, 0.15) is 5.00 Å². The third kappa shape index (κ3) is 3.58. The fourth-order valence-corrected chi connectivity index (χ4v) is 3.28. The number of esters is 1. The van der Waals surface area contributed by atoms with Crippen molar-refractivity contribution in [2.75, 3.05) is 32.1 Å². The lowest BCUT2D eigenvalue weighted by Gasteiger charge is -2.13. The maximum atomic E-state index is 12.0. The zero-order valence-corrected chi connectivity index (χ0v) is 12.7. The minimum atomic E-state index is -0.405. The second-order valence-electron chi connectivity index (χ2n) is 4.83. The Bertz CT molecular complexity index is 493. The molecule has 2 rings (SSSR count). The molecule has 20 heavy (non-hydrogen) atoms. The van der Waals surface area contributed by atoms with Gasteiger partial charge in [0.2, 0.25) is 5.91 Å². The topological polar surface area (TPSA) is 58.6 Å². The van der Waals surface area contributed by atoms with Crippen LogP contribution in [0.15, 0.2) is 6.07 Å². The maximum Gasteiger partial charge on any atom is 0.340 e. The molecule has 0 bridgehead atoms. The summed E-state index contributed by atoms with van der Waals surface area (Å²) in [6.45, 7) is 4.35. The summed E-state index contributed by atoms with van der Waals surface area (Å²) in [5.74, 6) is -0.473. The Labute approximate surface area is 122 Å². The van der Waals surface area contributed by atoms with Crippen molar-refractivity contribution >= 4 is 28.2 Å². The van der Waals surface area contributed by atoms with E-state index in [1.807, 2.05) is 6.92 Å². The molecule has 0 saturated carbocycles. The first-order valence-electron chi connectivity index (χ1n) is 6.87. The summed E-state index contributed by atoms with van der Waals surface area (Å²) in [5.41, 5.74) is 0.448. The van der Waals surface area contributed by atoms with Crippen LogP contribution in [-0.4, -0.2) is 43.5 Å². The molecule has 5 nitrogen and oxygen atoms in total. The number of hydrogen-bond donors (Lipinski definition) is 1. The second-order valence-corrected chi connectivity index (χ2v) is 5.97. The summed E-state index contributed by atoms with van der Waals surface area (Å²) in [5, 5.41) is 3.44. The number of methoxy groups -OCH3 is 1. The highest BCUT2D eigenvalue weighted by Crippen LogP contribution is 2.29. The molecule has 1 saturated heterocycles. The highest BCUT2D eigenvalue weighted by Gasteiger charge is 2.20. The molecule has 110 valence electrons. The highest BCUT2D eigenvalue weighted by molar-refractivity contribution is 7.16.